The van der Waals surface area contributed by atoms with Gasteiger partial charge in [0.05, 0.1) is 11.6 Å². The third-order valence-corrected chi connectivity index (χ3v) is 1.91. The van der Waals surface area contributed by atoms with Crippen LogP contribution in [0.5, 0.6) is 0 Å². The third kappa shape index (κ3) is 2.12. The first-order valence-electron chi connectivity index (χ1n) is 3.56. The Hall–Kier alpha value is -0.770. The van der Waals surface area contributed by atoms with E-state index in [1.165, 1.54) is 6.92 Å². The maximum absolute atomic E-state index is 12.6. The summed E-state index contributed by atoms with van der Waals surface area (Å²) < 4.78 is 37.4. The highest BCUT2D eigenvalue weighted by Crippen LogP contribution is 2.26. The number of aromatic nitrogens is 1. The van der Waals surface area contributed by atoms with E-state index in [0.29, 0.717) is 0 Å². The van der Waals surface area contributed by atoms with Gasteiger partial charge in [0.2, 0.25) is 5.95 Å². The molecule has 1 aromatic rings. The highest BCUT2D eigenvalue weighted by molar-refractivity contribution is 6.17. The molecule has 1 rings (SSSR count). The van der Waals surface area contributed by atoms with Crippen molar-refractivity contribution in [3.8, 4) is 0 Å². The Kier molecular flexibility index (Phi) is 3.14. The normalized spacial score (nSPS) is 10.9. The molecule has 0 aliphatic carbocycles. The summed E-state index contributed by atoms with van der Waals surface area (Å²) in [5, 5.41) is 0. The predicted molar refractivity (Wildman–Crippen MR) is 43.4 cm³/mol. The van der Waals surface area contributed by atoms with E-state index in [9.17, 15) is 13.2 Å². The topological polar surface area (TPSA) is 12.9 Å². The summed E-state index contributed by atoms with van der Waals surface area (Å²) in [5.74, 6) is -0.990. The summed E-state index contributed by atoms with van der Waals surface area (Å²) in [6.07, 6.45) is -2.66. The second-order valence-corrected chi connectivity index (χ2v) is 2.82. The molecule has 0 amide bonds. The minimum atomic E-state index is -2.66. The Morgan fingerprint density at radius 1 is 1.54 bits per heavy atom. The molecule has 0 N–H and O–H groups in total. The van der Waals surface area contributed by atoms with Crippen LogP contribution in [0.1, 0.15) is 23.2 Å². The van der Waals surface area contributed by atoms with Gasteiger partial charge in [0.1, 0.15) is 0 Å². The molecule has 0 aliphatic rings. The molecule has 1 aromatic heterocycles. The van der Waals surface area contributed by atoms with Crippen molar-refractivity contribution in [1.29, 1.82) is 0 Å². The minimum absolute atomic E-state index is 0.0887. The Morgan fingerprint density at radius 2 is 2.15 bits per heavy atom. The zero-order valence-electron chi connectivity index (χ0n) is 6.82. The van der Waals surface area contributed by atoms with Crippen molar-refractivity contribution in [3.05, 3.63) is 28.8 Å². The van der Waals surface area contributed by atoms with Gasteiger partial charge in [-0.1, -0.05) is 0 Å². The lowest BCUT2D eigenvalue weighted by Crippen LogP contribution is -2.01. The van der Waals surface area contributed by atoms with E-state index in [2.05, 4.69) is 4.98 Å². The van der Waals surface area contributed by atoms with Gasteiger partial charge in [-0.2, -0.15) is 4.39 Å². The second kappa shape index (κ2) is 3.96. The molecule has 0 aliphatic heterocycles. The van der Waals surface area contributed by atoms with E-state index in [4.69, 9.17) is 11.6 Å². The van der Waals surface area contributed by atoms with Gasteiger partial charge in [0.15, 0.2) is 0 Å². The summed E-state index contributed by atoms with van der Waals surface area (Å²) in [4.78, 5) is 3.30. The molecule has 0 fully saturated rings. The lowest BCUT2D eigenvalue weighted by Gasteiger charge is -2.08. The van der Waals surface area contributed by atoms with E-state index in [1.54, 1.807) is 0 Å². The van der Waals surface area contributed by atoms with Gasteiger partial charge in [-0.3, -0.25) is 0 Å². The summed E-state index contributed by atoms with van der Waals surface area (Å²) in [6.45, 7) is 1.41. The van der Waals surface area contributed by atoms with E-state index in [0.717, 1.165) is 6.07 Å². The average molecular weight is 210 g/mol. The first kappa shape index (κ1) is 10.3. The molecule has 0 bridgehead atoms. The van der Waals surface area contributed by atoms with Gasteiger partial charge < -0.3 is 0 Å². The average Bonchev–Trinajstić information content (AvgIpc) is 2.01. The van der Waals surface area contributed by atoms with Crippen LogP contribution in [-0.4, -0.2) is 4.98 Å². The molecule has 72 valence electrons. The van der Waals surface area contributed by atoms with Crippen molar-refractivity contribution in [2.45, 2.75) is 19.2 Å². The Bertz CT molecular complexity index is 315. The Balaban J connectivity index is 3.30. The van der Waals surface area contributed by atoms with E-state index in [-0.39, 0.29) is 22.7 Å². The number of pyridine rings is 1. The van der Waals surface area contributed by atoms with Crippen LogP contribution >= 0.6 is 11.6 Å². The van der Waals surface area contributed by atoms with Crippen molar-refractivity contribution in [1.82, 2.24) is 4.98 Å². The van der Waals surface area contributed by atoms with Crippen LogP contribution in [-0.2, 0) is 5.88 Å². The van der Waals surface area contributed by atoms with Gasteiger partial charge in [-0.15, -0.1) is 11.6 Å². The molecule has 1 heterocycles. The fourth-order valence-electron chi connectivity index (χ4n) is 1.11. The molecule has 0 spiro atoms. The van der Waals surface area contributed by atoms with Gasteiger partial charge in [0.25, 0.3) is 6.43 Å². The molecule has 0 atom stereocenters. The van der Waals surface area contributed by atoms with Crippen LogP contribution in [0.3, 0.4) is 0 Å². The lowest BCUT2D eigenvalue weighted by molar-refractivity contribution is 0.149. The fraction of sp³-hybridized carbons (Fsp3) is 0.375. The van der Waals surface area contributed by atoms with Crippen molar-refractivity contribution in [2.24, 2.45) is 0 Å². The van der Waals surface area contributed by atoms with Crippen LogP contribution in [0, 0.1) is 12.9 Å². The number of aryl methyl sites for hydroxylation is 1. The first-order valence-corrected chi connectivity index (χ1v) is 4.09. The van der Waals surface area contributed by atoms with Gasteiger partial charge >= 0.3 is 0 Å². The van der Waals surface area contributed by atoms with Gasteiger partial charge in [-0.05, 0) is 18.6 Å². The van der Waals surface area contributed by atoms with Gasteiger partial charge in [-0.25, -0.2) is 13.8 Å². The van der Waals surface area contributed by atoms with E-state index < -0.39 is 12.4 Å². The van der Waals surface area contributed by atoms with Crippen LogP contribution in [0.2, 0.25) is 0 Å². The molecule has 0 saturated carbocycles. The minimum Gasteiger partial charge on any atom is -0.223 e. The number of nitrogens with zero attached hydrogens (tertiary/aromatic N) is 1. The molecular weight excluding hydrogens is 203 g/mol. The van der Waals surface area contributed by atoms with Crippen molar-refractivity contribution < 1.29 is 13.2 Å². The van der Waals surface area contributed by atoms with Crippen LogP contribution in [0.15, 0.2) is 6.07 Å². The number of hydrogen-bond donors (Lipinski definition) is 0. The molecule has 0 saturated heterocycles. The maximum Gasteiger partial charge on any atom is 0.265 e. The summed E-state index contributed by atoms with van der Waals surface area (Å²) in [5.41, 5.74) is -0.177. The summed E-state index contributed by atoms with van der Waals surface area (Å²) in [6, 6.07) is 0.970. The van der Waals surface area contributed by atoms with Crippen LogP contribution in [0.4, 0.5) is 13.2 Å². The molecular formula is C8H7ClF3N. The zero-order valence-corrected chi connectivity index (χ0v) is 7.58. The van der Waals surface area contributed by atoms with Crippen LogP contribution in [0.25, 0.3) is 0 Å². The molecule has 5 heteroatoms. The SMILES string of the molecule is Cc1cc(F)nc(CCl)c1C(F)F. The van der Waals surface area contributed by atoms with Crippen molar-refractivity contribution in [2.75, 3.05) is 0 Å². The highest BCUT2D eigenvalue weighted by atomic mass is 35.5. The largest absolute Gasteiger partial charge is 0.265 e. The monoisotopic (exact) mass is 209 g/mol. The maximum atomic E-state index is 12.6. The smallest absolute Gasteiger partial charge is 0.223 e. The predicted octanol–water partition coefficient (Wildman–Crippen LogP) is 3.21. The van der Waals surface area contributed by atoms with Crippen LogP contribution < -0.4 is 0 Å². The zero-order chi connectivity index (χ0) is 10.0. The van der Waals surface area contributed by atoms with Crippen molar-refractivity contribution >= 4 is 11.6 Å². The Morgan fingerprint density at radius 3 is 2.62 bits per heavy atom. The quantitative estimate of drug-likeness (QED) is 0.538. The fourth-order valence-corrected chi connectivity index (χ4v) is 1.31. The second-order valence-electron chi connectivity index (χ2n) is 2.56. The third-order valence-electron chi connectivity index (χ3n) is 1.66. The molecule has 0 aromatic carbocycles. The number of rotatable bonds is 2. The van der Waals surface area contributed by atoms with Gasteiger partial charge in [0, 0.05) is 5.56 Å². The lowest BCUT2D eigenvalue weighted by atomic mass is 10.1. The number of halogens is 4. The first-order chi connectivity index (χ1) is 6.06. The Labute approximate surface area is 78.5 Å². The molecule has 13 heavy (non-hydrogen) atoms. The molecule has 0 unspecified atom stereocenters. The van der Waals surface area contributed by atoms with E-state index >= 15 is 0 Å². The molecule has 1 nitrogen and oxygen atoms in total. The van der Waals surface area contributed by atoms with Crippen molar-refractivity contribution in [3.63, 3.8) is 0 Å². The highest BCUT2D eigenvalue weighted by Gasteiger charge is 2.17. The summed E-state index contributed by atoms with van der Waals surface area (Å²) >= 11 is 5.36. The standard InChI is InChI=1S/C8H7ClF3N/c1-4-2-6(10)13-5(3-9)7(4)8(11)12/h2,8H,3H2,1H3. The molecule has 0 radical (unpaired) electrons. The number of hydrogen-bond acceptors (Lipinski definition) is 1. The van der Waals surface area contributed by atoms with E-state index in [1.807, 2.05) is 0 Å². The summed E-state index contributed by atoms with van der Waals surface area (Å²) in [7, 11) is 0. The number of alkyl halides is 3.